The zero-order valence-corrected chi connectivity index (χ0v) is 17.3. The quantitative estimate of drug-likeness (QED) is 0.481. The molecule has 2 aromatic rings. The van der Waals surface area contributed by atoms with Crippen molar-refractivity contribution in [2.24, 2.45) is 5.92 Å². The van der Waals surface area contributed by atoms with Gasteiger partial charge in [-0.15, -0.1) is 0 Å². The van der Waals surface area contributed by atoms with Gasteiger partial charge in [0.05, 0.1) is 19.8 Å². The number of carboxylic acid groups (broad SMARTS) is 2. The van der Waals surface area contributed by atoms with Gasteiger partial charge in [0.2, 0.25) is 0 Å². The summed E-state index contributed by atoms with van der Waals surface area (Å²) in [7, 11) is 3.23. The van der Waals surface area contributed by atoms with Gasteiger partial charge in [-0.3, -0.25) is 4.79 Å². The molecule has 2 rings (SSSR count). The summed E-state index contributed by atoms with van der Waals surface area (Å²) in [6.07, 6.45) is 7.24. The van der Waals surface area contributed by atoms with Gasteiger partial charge < -0.3 is 19.7 Å². The molecule has 1 unspecified atom stereocenters. The molecule has 2 aromatic carbocycles. The topological polar surface area (TPSA) is 93.1 Å². The summed E-state index contributed by atoms with van der Waals surface area (Å²) in [4.78, 5) is 21.8. The maximum atomic E-state index is 11.1. The molecular formula is C24H28O6. The minimum Gasteiger partial charge on any atom is -0.497 e. The first-order chi connectivity index (χ1) is 14.4. The molecule has 0 fully saturated rings. The lowest BCUT2D eigenvalue weighted by molar-refractivity contribution is -0.137. The van der Waals surface area contributed by atoms with Crippen molar-refractivity contribution in [3.8, 4) is 11.5 Å². The van der Waals surface area contributed by atoms with Crippen molar-refractivity contribution >= 4 is 18.0 Å². The third-order valence-electron chi connectivity index (χ3n) is 4.90. The molecule has 0 heterocycles. The van der Waals surface area contributed by atoms with Crippen molar-refractivity contribution in [2.45, 2.75) is 32.1 Å². The fraction of sp³-hybridized carbons (Fsp3) is 0.333. The summed E-state index contributed by atoms with van der Waals surface area (Å²) in [6.45, 7) is 0. The number of allylic oxidation sites excluding steroid dienone is 1. The van der Waals surface area contributed by atoms with E-state index >= 15 is 0 Å². The van der Waals surface area contributed by atoms with E-state index in [1.165, 1.54) is 0 Å². The minimum absolute atomic E-state index is 0.160. The highest BCUT2D eigenvalue weighted by molar-refractivity contribution is 5.87. The van der Waals surface area contributed by atoms with Crippen LogP contribution in [0.5, 0.6) is 11.5 Å². The van der Waals surface area contributed by atoms with Gasteiger partial charge in [0, 0.05) is 12.0 Å². The van der Waals surface area contributed by atoms with Gasteiger partial charge in [0.15, 0.2) is 0 Å². The van der Waals surface area contributed by atoms with Crippen LogP contribution in [0.15, 0.2) is 48.5 Å². The molecule has 6 heteroatoms. The Kier molecular flexibility index (Phi) is 8.94. The summed E-state index contributed by atoms with van der Waals surface area (Å²) in [6, 6.07) is 12.5. The first-order valence-electron chi connectivity index (χ1n) is 9.87. The van der Waals surface area contributed by atoms with E-state index in [0.717, 1.165) is 41.9 Å². The van der Waals surface area contributed by atoms with Crippen LogP contribution in [0.4, 0.5) is 0 Å². The van der Waals surface area contributed by atoms with Crippen molar-refractivity contribution in [3.05, 3.63) is 65.2 Å². The number of carbonyl (C=O) groups is 2. The molecule has 0 aliphatic heterocycles. The van der Waals surface area contributed by atoms with Crippen LogP contribution in [0.1, 0.15) is 47.2 Å². The second-order valence-electron chi connectivity index (χ2n) is 7.07. The van der Waals surface area contributed by atoms with Gasteiger partial charge in [0.1, 0.15) is 11.5 Å². The minimum atomic E-state index is -0.947. The lowest BCUT2D eigenvalue weighted by atomic mass is 9.92. The van der Waals surface area contributed by atoms with Crippen LogP contribution in [0.2, 0.25) is 0 Å². The number of rotatable bonds is 12. The first kappa shape index (κ1) is 23.0. The molecule has 0 saturated heterocycles. The van der Waals surface area contributed by atoms with Crippen molar-refractivity contribution in [3.63, 3.8) is 0 Å². The summed E-state index contributed by atoms with van der Waals surface area (Å²) >= 11 is 0. The number of benzene rings is 2. The van der Waals surface area contributed by atoms with E-state index in [-0.39, 0.29) is 17.9 Å². The summed E-state index contributed by atoms with van der Waals surface area (Å²) < 4.78 is 10.7. The van der Waals surface area contributed by atoms with Crippen molar-refractivity contribution in [1.82, 2.24) is 0 Å². The third-order valence-corrected chi connectivity index (χ3v) is 4.90. The van der Waals surface area contributed by atoms with Crippen LogP contribution in [0.25, 0.3) is 6.08 Å². The highest BCUT2D eigenvalue weighted by atomic mass is 16.5. The molecule has 0 saturated carbocycles. The number of aromatic carboxylic acids is 1. The van der Waals surface area contributed by atoms with E-state index in [0.29, 0.717) is 6.42 Å². The van der Waals surface area contributed by atoms with Crippen molar-refractivity contribution in [1.29, 1.82) is 0 Å². The van der Waals surface area contributed by atoms with E-state index in [1.54, 1.807) is 26.4 Å². The Morgan fingerprint density at radius 3 is 2.33 bits per heavy atom. The molecule has 160 valence electrons. The third kappa shape index (κ3) is 7.28. The van der Waals surface area contributed by atoms with Crippen LogP contribution in [-0.2, 0) is 11.2 Å². The molecule has 2 N–H and O–H groups in total. The average molecular weight is 412 g/mol. The SMILES string of the molecule is COc1ccc(OC)c(/C=C/C(CCCCC(=O)O)Cc2ccc(C(=O)O)cc2)c1. The van der Waals surface area contributed by atoms with E-state index in [4.69, 9.17) is 19.7 Å². The van der Waals surface area contributed by atoms with E-state index in [9.17, 15) is 9.59 Å². The Balaban J connectivity index is 2.16. The first-order valence-corrected chi connectivity index (χ1v) is 9.87. The summed E-state index contributed by atoms with van der Waals surface area (Å²) in [5, 5.41) is 17.9. The summed E-state index contributed by atoms with van der Waals surface area (Å²) in [5.74, 6) is -0.0881. The van der Waals surface area contributed by atoms with E-state index in [1.807, 2.05) is 36.4 Å². The standard InChI is InChI=1S/C24H28O6/c1-29-21-13-14-22(30-2)20(16-21)12-9-17(5-3-4-6-23(25)26)15-18-7-10-19(11-8-18)24(27)28/h7-14,16-17H,3-6,15H2,1-2H3,(H,25,26)(H,27,28)/b12-9+. The van der Waals surface area contributed by atoms with Crippen LogP contribution in [0.3, 0.4) is 0 Å². The normalized spacial score (nSPS) is 11.9. The zero-order chi connectivity index (χ0) is 21.9. The fourth-order valence-electron chi connectivity index (χ4n) is 3.24. The Labute approximate surface area is 176 Å². The lowest BCUT2D eigenvalue weighted by Gasteiger charge is -2.14. The Bertz CT molecular complexity index is 870. The predicted molar refractivity (Wildman–Crippen MR) is 115 cm³/mol. The monoisotopic (exact) mass is 412 g/mol. The zero-order valence-electron chi connectivity index (χ0n) is 17.3. The second kappa shape index (κ2) is 11.7. The maximum Gasteiger partial charge on any atom is 0.335 e. The van der Waals surface area contributed by atoms with Gasteiger partial charge >= 0.3 is 11.9 Å². The molecule has 0 aliphatic carbocycles. The molecule has 0 radical (unpaired) electrons. The highest BCUT2D eigenvalue weighted by Crippen LogP contribution is 2.27. The molecule has 0 aromatic heterocycles. The van der Waals surface area contributed by atoms with Gasteiger partial charge in [-0.25, -0.2) is 4.79 Å². The number of methoxy groups -OCH3 is 2. The maximum absolute atomic E-state index is 11.1. The number of carboxylic acids is 2. The van der Waals surface area contributed by atoms with Gasteiger partial charge in [-0.1, -0.05) is 30.7 Å². The number of hydrogen-bond donors (Lipinski definition) is 2. The van der Waals surface area contributed by atoms with Crippen molar-refractivity contribution in [2.75, 3.05) is 14.2 Å². The lowest BCUT2D eigenvalue weighted by Crippen LogP contribution is -2.04. The molecule has 1 atom stereocenters. The molecule has 6 nitrogen and oxygen atoms in total. The number of aliphatic carboxylic acids is 1. The molecule has 0 aliphatic rings. The highest BCUT2D eigenvalue weighted by Gasteiger charge is 2.10. The Hall–Kier alpha value is -3.28. The molecule has 30 heavy (non-hydrogen) atoms. The second-order valence-corrected chi connectivity index (χ2v) is 7.07. The van der Waals surface area contributed by atoms with Crippen molar-refractivity contribution < 1.29 is 29.3 Å². The number of ether oxygens (including phenoxy) is 2. The van der Waals surface area contributed by atoms with Gasteiger partial charge in [0.25, 0.3) is 0 Å². The Morgan fingerprint density at radius 2 is 1.73 bits per heavy atom. The molecule has 0 spiro atoms. The van der Waals surface area contributed by atoms with Crippen LogP contribution in [-0.4, -0.2) is 36.4 Å². The van der Waals surface area contributed by atoms with E-state index in [2.05, 4.69) is 6.08 Å². The van der Waals surface area contributed by atoms with Gasteiger partial charge in [-0.2, -0.15) is 0 Å². The van der Waals surface area contributed by atoms with Crippen LogP contribution in [0, 0.1) is 5.92 Å². The van der Waals surface area contributed by atoms with Crippen LogP contribution >= 0.6 is 0 Å². The summed E-state index contributed by atoms with van der Waals surface area (Å²) in [5.41, 5.74) is 2.19. The fourth-order valence-corrected chi connectivity index (χ4v) is 3.24. The predicted octanol–water partition coefficient (Wildman–Crippen LogP) is 4.92. The molecule has 0 bridgehead atoms. The average Bonchev–Trinajstić information content (AvgIpc) is 2.74. The molecule has 0 amide bonds. The number of hydrogen-bond acceptors (Lipinski definition) is 4. The largest absolute Gasteiger partial charge is 0.497 e. The van der Waals surface area contributed by atoms with E-state index < -0.39 is 11.9 Å². The molecular weight excluding hydrogens is 384 g/mol. The number of unbranched alkanes of at least 4 members (excludes halogenated alkanes) is 1. The van der Waals surface area contributed by atoms with Crippen LogP contribution < -0.4 is 9.47 Å². The van der Waals surface area contributed by atoms with Gasteiger partial charge in [-0.05, 0) is 61.1 Å². The smallest absolute Gasteiger partial charge is 0.335 e. The Morgan fingerprint density at radius 1 is 1.00 bits per heavy atom.